The van der Waals surface area contributed by atoms with Gasteiger partial charge in [0.2, 0.25) is 0 Å². The maximum Gasteiger partial charge on any atom is 0.0302 e. The first kappa shape index (κ1) is 12.3. The zero-order valence-electron chi connectivity index (χ0n) is 8.85. The van der Waals surface area contributed by atoms with Gasteiger partial charge in [0, 0.05) is 12.4 Å². The standard InChI is InChI=1S/C10H17NP4/c1-7-9-4-5-11-6-8(9)2-3-10(7)15(13)14-12/h4-7,10,14H,2-3,12-13H2,1H3/t7-,10-,15?/m0/s1. The van der Waals surface area contributed by atoms with Crippen LogP contribution in [0.2, 0.25) is 0 Å². The van der Waals surface area contributed by atoms with Crippen molar-refractivity contribution >= 4 is 33.1 Å². The van der Waals surface area contributed by atoms with Gasteiger partial charge in [0.15, 0.2) is 0 Å². The van der Waals surface area contributed by atoms with Crippen LogP contribution in [-0.4, -0.2) is 10.6 Å². The van der Waals surface area contributed by atoms with Crippen LogP contribution < -0.4 is 0 Å². The molecule has 0 radical (unpaired) electrons. The van der Waals surface area contributed by atoms with Crippen LogP contribution in [0.15, 0.2) is 18.5 Å². The Hall–Kier alpha value is 0.870. The van der Waals surface area contributed by atoms with Crippen molar-refractivity contribution < 1.29 is 0 Å². The molecule has 0 aromatic carbocycles. The summed E-state index contributed by atoms with van der Waals surface area (Å²) < 4.78 is 0. The zero-order valence-corrected chi connectivity index (χ0v) is 13.1. The van der Waals surface area contributed by atoms with Crippen molar-refractivity contribution in [3.8, 4) is 0 Å². The molecule has 1 aromatic heterocycles. The number of fused-ring (bicyclic) bond motifs is 1. The van der Waals surface area contributed by atoms with Crippen molar-refractivity contribution in [3.05, 3.63) is 29.6 Å². The van der Waals surface area contributed by atoms with E-state index in [1.54, 1.807) is 5.56 Å². The molecule has 0 amide bonds. The highest BCUT2D eigenvalue weighted by molar-refractivity contribution is 8.61. The molecule has 5 heteroatoms. The first-order valence-corrected chi connectivity index (χ1v) is 11.8. The Labute approximate surface area is 99.2 Å². The van der Waals surface area contributed by atoms with Gasteiger partial charge in [0.05, 0.1) is 0 Å². The lowest BCUT2D eigenvalue weighted by Crippen LogP contribution is -2.20. The molecule has 0 aliphatic heterocycles. The maximum absolute atomic E-state index is 4.22. The van der Waals surface area contributed by atoms with Crippen molar-refractivity contribution in [2.75, 3.05) is 0 Å². The lowest BCUT2D eigenvalue weighted by molar-refractivity contribution is 0.602. The number of rotatable bonds is 2. The van der Waals surface area contributed by atoms with Gasteiger partial charge in [0.1, 0.15) is 0 Å². The molecule has 1 aliphatic rings. The molecule has 2 rings (SSSR count). The molecule has 6 atom stereocenters. The molecular formula is C10H17NP4. The van der Waals surface area contributed by atoms with Crippen molar-refractivity contribution in [2.24, 2.45) is 0 Å². The predicted octanol–water partition coefficient (Wildman–Crippen LogP) is 4.16. The second-order valence-electron chi connectivity index (χ2n) is 4.01. The number of pyridine rings is 1. The summed E-state index contributed by atoms with van der Waals surface area (Å²) >= 11 is 0. The van der Waals surface area contributed by atoms with Crippen LogP contribution in [-0.2, 0) is 6.42 Å². The van der Waals surface area contributed by atoms with Gasteiger partial charge < -0.3 is 0 Å². The summed E-state index contributed by atoms with van der Waals surface area (Å²) in [4.78, 5) is 4.22. The maximum atomic E-state index is 4.22. The summed E-state index contributed by atoms with van der Waals surface area (Å²) in [7, 11) is 7.14. The van der Waals surface area contributed by atoms with Crippen molar-refractivity contribution in [1.82, 2.24) is 4.98 Å². The van der Waals surface area contributed by atoms with E-state index in [0.29, 0.717) is 5.92 Å². The summed E-state index contributed by atoms with van der Waals surface area (Å²) in [6, 6.07) is 2.21. The third kappa shape index (κ3) is 2.58. The molecule has 1 aromatic rings. The summed E-state index contributed by atoms with van der Waals surface area (Å²) in [5, 5.41) is 0. The normalized spacial score (nSPS) is 27.9. The largest absolute Gasteiger partial charge is 0.264 e. The lowest BCUT2D eigenvalue weighted by Gasteiger charge is -2.34. The predicted molar refractivity (Wildman–Crippen MR) is 79.4 cm³/mol. The van der Waals surface area contributed by atoms with Crippen LogP contribution in [0.3, 0.4) is 0 Å². The quantitative estimate of drug-likeness (QED) is 0.739. The van der Waals surface area contributed by atoms with Crippen LogP contribution in [0.1, 0.15) is 30.4 Å². The van der Waals surface area contributed by atoms with E-state index in [4.69, 9.17) is 0 Å². The van der Waals surface area contributed by atoms with E-state index in [-0.39, 0.29) is 7.30 Å². The Morgan fingerprint density at radius 1 is 1.60 bits per heavy atom. The average molecular weight is 275 g/mol. The molecule has 0 saturated heterocycles. The molecule has 1 nitrogen and oxygen atoms in total. The number of hydrogen-bond donors (Lipinski definition) is 0. The minimum atomic E-state index is 0.127. The first-order chi connectivity index (χ1) is 7.24. The fourth-order valence-corrected chi connectivity index (χ4v) is 8.15. The molecule has 1 aliphatic carbocycles. The van der Waals surface area contributed by atoms with E-state index >= 15 is 0 Å². The molecular weight excluding hydrogens is 258 g/mol. The number of nitrogens with zero attached hydrogens (tertiary/aromatic N) is 1. The summed E-state index contributed by atoms with van der Waals surface area (Å²) in [5.41, 5.74) is 3.90. The van der Waals surface area contributed by atoms with Crippen molar-refractivity contribution in [3.63, 3.8) is 0 Å². The minimum Gasteiger partial charge on any atom is -0.264 e. The van der Waals surface area contributed by atoms with Crippen molar-refractivity contribution in [1.29, 1.82) is 0 Å². The van der Waals surface area contributed by atoms with E-state index in [1.165, 1.54) is 18.4 Å². The van der Waals surface area contributed by atoms with E-state index in [0.717, 1.165) is 13.6 Å². The van der Waals surface area contributed by atoms with E-state index in [9.17, 15) is 0 Å². The van der Waals surface area contributed by atoms with Crippen LogP contribution in [0.4, 0.5) is 0 Å². The van der Waals surface area contributed by atoms with Crippen LogP contribution in [0, 0.1) is 0 Å². The highest BCUT2D eigenvalue weighted by atomic mass is 32.6. The van der Waals surface area contributed by atoms with Crippen LogP contribution >= 0.6 is 33.1 Å². The summed E-state index contributed by atoms with van der Waals surface area (Å²) in [6.45, 7) is 2.38. The number of aromatic nitrogens is 1. The van der Waals surface area contributed by atoms with E-state index in [1.807, 2.05) is 6.20 Å². The molecule has 0 bridgehead atoms. The Morgan fingerprint density at radius 3 is 3.13 bits per heavy atom. The molecule has 15 heavy (non-hydrogen) atoms. The minimum absolute atomic E-state index is 0.127. The first-order valence-electron chi connectivity index (χ1n) is 5.17. The van der Waals surface area contributed by atoms with Gasteiger partial charge in [-0.05, 0) is 41.6 Å². The second-order valence-corrected chi connectivity index (χ2v) is 13.6. The number of aryl methyl sites for hydroxylation is 1. The zero-order chi connectivity index (χ0) is 10.8. The van der Waals surface area contributed by atoms with Gasteiger partial charge in [-0.15, -0.1) is 17.9 Å². The SMILES string of the molecule is C[C@H]1c2ccncc2CC[C@@H]1P(P)PP. The van der Waals surface area contributed by atoms with Gasteiger partial charge in [-0.3, -0.25) is 4.98 Å². The van der Waals surface area contributed by atoms with Crippen molar-refractivity contribution in [2.45, 2.75) is 31.3 Å². The van der Waals surface area contributed by atoms with Gasteiger partial charge in [-0.25, -0.2) is 0 Å². The topological polar surface area (TPSA) is 12.9 Å². The molecule has 0 N–H and O–H groups in total. The number of hydrogen-bond acceptors (Lipinski definition) is 1. The molecule has 1 heterocycles. The summed E-state index contributed by atoms with van der Waals surface area (Å²) in [6.07, 6.45) is 6.55. The summed E-state index contributed by atoms with van der Waals surface area (Å²) in [5.74, 6) is 0.716. The third-order valence-electron chi connectivity index (χ3n) is 3.22. The van der Waals surface area contributed by atoms with E-state index in [2.05, 4.69) is 42.0 Å². The van der Waals surface area contributed by atoms with Gasteiger partial charge in [0.25, 0.3) is 0 Å². The molecule has 0 fully saturated rings. The Kier molecular flexibility index (Phi) is 4.50. The Bertz CT molecular complexity index is 344. The van der Waals surface area contributed by atoms with Crippen LogP contribution in [0.5, 0.6) is 0 Å². The highest BCUT2D eigenvalue weighted by Crippen LogP contribution is 2.72. The average Bonchev–Trinajstić information content (AvgIpc) is 2.29. The third-order valence-corrected chi connectivity index (χ3v) is 14.7. The lowest BCUT2D eigenvalue weighted by atomic mass is 9.85. The molecule has 0 saturated carbocycles. The van der Waals surface area contributed by atoms with Gasteiger partial charge >= 0.3 is 0 Å². The fourth-order valence-electron chi connectivity index (χ4n) is 2.33. The highest BCUT2D eigenvalue weighted by Gasteiger charge is 2.29. The second kappa shape index (κ2) is 5.47. The Morgan fingerprint density at radius 2 is 2.40 bits per heavy atom. The Balaban J connectivity index is 2.25. The molecule has 82 valence electrons. The smallest absolute Gasteiger partial charge is 0.0302 e. The monoisotopic (exact) mass is 275 g/mol. The van der Waals surface area contributed by atoms with Gasteiger partial charge in [-0.1, -0.05) is 22.2 Å². The van der Waals surface area contributed by atoms with E-state index < -0.39 is 0 Å². The van der Waals surface area contributed by atoms with Gasteiger partial charge in [-0.2, -0.15) is 0 Å². The molecule has 0 spiro atoms. The molecule has 4 unspecified atom stereocenters. The van der Waals surface area contributed by atoms with Crippen LogP contribution in [0.25, 0.3) is 0 Å². The fraction of sp³-hybridized carbons (Fsp3) is 0.500.